The summed E-state index contributed by atoms with van der Waals surface area (Å²) in [7, 11) is 9.78. The van der Waals surface area contributed by atoms with Crippen molar-refractivity contribution in [1.29, 1.82) is 0 Å². The molecule has 0 spiro atoms. The number of pyridine rings is 5. The molecule has 1 fully saturated rings. The Kier molecular flexibility index (Phi) is 13.5. The van der Waals surface area contributed by atoms with Crippen LogP contribution in [-0.4, -0.2) is 0 Å². The smallest absolute Gasteiger partial charge is 0.201 e. The minimum Gasteiger partial charge on any atom is -0.201 e. The average molecular weight is 1270 g/mol. The quantitative estimate of drug-likeness (QED) is 0.153. The Morgan fingerprint density at radius 2 is 0.713 bits per heavy atom. The van der Waals surface area contributed by atoms with Crippen LogP contribution < -0.4 is 22.8 Å². The molecule has 5 aromatic carbocycles. The highest BCUT2D eigenvalue weighted by atomic mass is 14.9. The molecule has 1 saturated carbocycles. The van der Waals surface area contributed by atoms with Gasteiger partial charge in [-0.2, -0.15) is 0 Å². The fraction of sp³-hybridized carbons (Fsp3) is 0.382. The van der Waals surface area contributed by atoms with Gasteiger partial charge in [0, 0.05) is 115 Å². The standard InChI is InChI=1S/C19H22N.2C18H22N.2C17H20N/c1-12-4-5-17(13(2)6-12)19-10-18-15-7-14(8-15)9-16(18)11-20(19)3;1-13-8-9-17(14(2)10-13)18-11-15-6-4-5-7-16(15)12-19(18)3;1-13-8-9-16(14(2)12-13)18-17-7-5-4-6-15(17)10-11-19(18)3;1-12-7-8-16(13(2)9-12)17-10-14-5-4-6-15(14)11-18(17)3;1-12-7-8-15(13(2)11-12)17-16-6-4-5-14(16)9-10-18(17)3/h4-6,10-11,14-15H,7-9H2,1-3H3;2*8-12H,4-7H2,1-3H3;2*7-11H,4-6H2,1-3H3/q5*+1/i;1D3,6D2;1D3,6D2,7D2;1D3,5D2;5D2,6D2. The maximum absolute atomic E-state index is 8.48. The lowest BCUT2D eigenvalue weighted by molar-refractivity contribution is -0.661. The van der Waals surface area contributed by atoms with Gasteiger partial charge in [-0.1, -0.05) is 88.5 Å². The van der Waals surface area contributed by atoms with E-state index in [2.05, 4.69) is 62.0 Å². The van der Waals surface area contributed by atoms with Crippen LogP contribution >= 0.6 is 0 Å². The van der Waals surface area contributed by atoms with Gasteiger partial charge < -0.3 is 0 Å². The molecular weight excluding hydrogens is 1140 g/mol. The lowest BCUT2D eigenvalue weighted by Crippen LogP contribution is -2.37. The average Bonchev–Trinajstić information content (AvgIpc) is 1.68. The molecular formula is C89H106N5+5. The topological polar surface area (TPSA) is 19.4 Å². The normalized spacial score (nSPS) is 22.9. The summed E-state index contributed by atoms with van der Waals surface area (Å²) in [5, 5.41) is 0. The zero-order chi connectivity index (χ0) is 84.3. The fourth-order valence-electron chi connectivity index (χ4n) is 14.7. The van der Waals surface area contributed by atoms with Crippen LogP contribution in [0, 0.1) is 74.9 Å². The molecule has 17 rings (SSSR count). The third-order valence-electron chi connectivity index (χ3n) is 19.7. The molecule has 0 unspecified atom stereocenters. The molecule has 5 nitrogen and oxygen atoms in total. The number of rotatable bonds is 5. The lowest BCUT2D eigenvalue weighted by Gasteiger charge is -2.41. The van der Waals surface area contributed by atoms with Gasteiger partial charge in [-0.05, 0) is 276 Å². The highest BCUT2D eigenvalue weighted by Crippen LogP contribution is 2.50. The molecule has 5 heterocycles. The predicted molar refractivity (Wildman–Crippen MR) is 389 cm³/mol. The van der Waals surface area contributed by atoms with Gasteiger partial charge in [0.15, 0.2) is 31.0 Å². The molecule has 0 saturated heterocycles. The summed E-state index contributed by atoms with van der Waals surface area (Å²) in [6.07, 6.45) is 8.69. The largest absolute Gasteiger partial charge is 0.216 e. The van der Waals surface area contributed by atoms with Crippen molar-refractivity contribution < 1.29 is 51.6 Å². The first-order chi connectivity index (χ1) is 53.3. The summed E-state index contributed by atoms with van der Waals surface area (Å²) < 4.78 is 177. The van der Waals surface area contributed by atoms with Crippen molar-refractivity contribution in [3.8, 4) is 56.3 Å². The number of hydrogen-bond donors (Lipinski definition) is 0. The number of nitrogens with zero attached hydrogens (tertiary/aromatic N) is 5. The second-order valence-electron chi connectivity index (χ2n) is 26.9. The van der Waals surface area contributed by atoms with Gasteiger partial charge >= 0.3 is 0 Å². The highest BCUT2D eigenvalue weighted by molar-refractivity contribution is 5.69. The fourth-order valence-corrected chi connectivity index (χ4v) is 14.7. The van der Waals surface area contributed by atoms with Crippen LogP contribution in [0.5, 0.6) is 0 Å². The van der Waals surface area contributed by atoms with E-state index >= 15 is 0 Å². The molecule has 0 amide bonds. The third kappa shape index (κ3) is 14.3. The molecule has 10 aromatic rings. The molecule has 0 atom stereocenters. The van der Waals surface area contributed by atoms with E-state index in [1.165, 1.54) is 41.6 Å². The van der Waals surface area contributed by atoms with Gasteiger partial charge in [0.25, 0.3) is 0 Å². The molecule has 7 aliphatic carbocycles. The van der Waals surface area contributed by atoms with E-state index in [0.29, 0.717) is 51.9 Å². The van der Waals surface area contributed by atoms with Gasteiger partial charge in [-0.3, -0.25) is 0 Å². The third-order valence-corrected chi connectivity index (χ3v) is 19.7. The van der Waals surface area contributed by atoms with E-state index in [1.807, 2.05) is 118 Å². The minimum atomic E-state index is -2.20. The first kappa shape index (κ1) is 44.5. The van der Waals surface area contributed by atoms with Crippen molar-refractivity contribution in [3.63, 3.8) is 0 Å². The van der Waals surface area contributed by atoms with Gasteiger partial charge in [0.2, 0.25) is 28.5 Å². The molecule has 482 valence electrons. The van der Waals surface area contributed by atoms with Crippen LogP contribution in [0.25, 0.3) is 56.3 Å². The molecule has 5 heteroatoms. The van der Waals surface area contributed by atoms with Gasteiger partial charge in [0.1, 0.15) is 35.2 Å². The summed E-state index contributed by atoms with van der Waals surface area (Å²) in [6.45, 7) is 7.61. The van der Waals surface area contributed by atoms with Crippen molar-refractivity contribution in [2.24, 2.45) is 41.2 Å². The predicted octanol–water partition coefficient (Wildman–Crippen LogP) is 17.8. The monoisotopic (exact) mass is 1270 g/mol. The van der Waals surface area contributed by atoms with Crippen molar-refractivity contribution in [1.82, 2.24) is 0 Å². The Balaban J connectivity index is 0.000000133. The van der Waals surface area contributed by atoms with Crippen LogP contribution in [0.2, 0.25) is 0 Å². The van der Waals surface area contributed by atoms with Crippen LogP contribution in [-0.2, 0) is 92.7 Å². The molecule has 5 aromatic heterocycles. The van der Waals surface area contributed by atoms with E-state index in [-0.39, 0.29) is 24.8 Å². The van der Waals surface area contributed by atoms with E-state index in [4.69, 9.17) is 28.8 Å². The lowest BCUT2D eigenvalue weighted by atomic mass is 9.63. The Labute approximate surface area is 594 Å². The SMILES string of the molecule is Cc1ccc(-c2cc3c(c[n+]2C)CC2CC3C2)c(C)c1.[2H]C([2H])([2H])c1ccc(-c2c3c(cc[n+]2C)C([2H])([2H])CCC3([2H])[2H])c(C)c1.[2H]C([2H])([2H])c1ccc(-c2cc3c(c[n+]2C)CCC3([2H])[2H])c(C)c1.[2H]C([2H])([2H])c1ccc(-c2cc3c(c[n+]2C)CCCC3([2H])[2H])c(C)c1.[2H]C1([2H])CC([2H])([2H])c2c1cc[n+](C)c2-c1ccc(C)cc1C. The second kappa shape index (κ2) is 28.4. The van der Waals surface area contributed by atoms with Crippen LogP contribution in [0.1, 0.15) is 197 Å². The highest BCUT2D eigenvalue weighted by Gasteiger charge is 2.39. The molecule has 0 aliphatic heterocycles. The van der Waals surface area contributed by atoms with Crippen molar-refractivity contribution in [2.75, 3.05) is 0 Å². The molecule has 94 heavy (non-hydrogen) atoms. The Hall–Kier alpha value is -8.15. The van der Waals surface area contributed by atoms with Gasteiger partial charge in [-0.25, -0.2) is 22.8 Å². The Morgan fingerprint density at radius 1 is 0.340 bits per heavy atom. The first-order valence-electron chi connectivity index (χ1n) is 43.9. The first-order valence-corrected chi connectivity index (χ1v) is 33.4. The summed E-state index contributed by atoms with van der Waals surface area (Å²) in [4.78, 5) is 0. The van der Waals surface area contributed by atoms with Crippen LogP contribution in [0.3, 0.4) is 0 Å². The molecule has 2 bridgehead atoms. The van der Waals surface area contributed by atoms with Crippen molar-refractivity contribution >= 4 is 0 Å². The van der Waals surface area contributed by atoms with E-state index in [9.17, 15) is 0 Å². The number of aromatic nitrogens is 5. The zero-order valence-corrected chi connectivity index (χ0v) is 57.1. The van der Waals surface area contributed by atoms with Crippen molar-refractivity contribution in [2.45, 2.75) is 184 Å². The summed E-state index contributed by atoms with van der Waals surface area (Å²) in [5.74, 6) is 1.81. The summed E-state index contributed by atoms with van der Waals surface area (Å²) in [5.41, 5.74) is 26.4. The second-order valence-corrected chi connectivity index (χ2v) is 26.9. The Morgan fingerprint density at radius 3 is 1.19 bits per heavy atom. The zero-order valence-electron chi connectivity index (χ0n) is 78.1. The number of aryl methyl sites for hydroxylation is 21. The number of fused-ring (bicyclic) bond motifs is 4. The van der Waals surface area contributed by atoms with E-state index in [1.54, 1.807) is 90.5 Å². The van der Waals surface area contributed by atoms with Crippen LogP contribution in [0.15, 0.2) is 152 Å². The van der Waals surface area contributed by atoms with E-state index in [0.717, 1.165) is 121 Å². The van der Waals surface area contributed by atoms with E-state index < -0.39 is 58.8 Å². The number of benzene rings is 5. The van der Waals surface area contributed by atoms with Gasteiger partial charge in [0.05, 0.1) is 0 Å². The van der Waals surface area contributed by atoms with Gasteiger partial charge in [-0.15, -0.1) is 0 Å². The maximum atomic E-state index is 8.48. The number of hydrogen-bond acceptors (Lipinski definition) is 0. The molecule has 7 aliphatic rings. The van der Waals surface area contributed by atoms with Crippen molar-refractivity contribution in [3.05, 3.63) is 264 Å². The Bertz CT molecular complexity index is 5450. The molecule has 0 radical (unpaired) electrons. The summed E-state index contributed by atoms with van der Waals surface area (Å²) in [6, 6.07) is 37.8. The van der Waals surface area contributed by atoms with Crippen LogP contribution in [0.4, 0.5) is 0 Å². The maximum Gasteiger partial charge on any atom is 0.216 e. The molecule has 0 N–H and O–H groups in total. The summed E-state index contributed by atoms with van der Waals surface area (Å²) >= 11 is 0. The minimum absolute atomic E-state index is 0.108.